The van der Waals surface area contributed by atoms with Gasteiger partial charge >= 0.3 is 12.1 Å². The molecule has 3 aliphatic heterocycles. The highest BCUT2D eigenvalue weighted by Gasteiger charge is 2.35. The Balaban J connectivity index is 1.30. The highest BCUT2D eigenvalue weighted by atomic mass is 16.2. The van der Waals surface area contributed by atoms with Gasteiger partial charge in [-0.15, -0.1) is 0 Å². The minimum Gasteiger partial charge on any atom is -0.335 e. The zero-order valence-corrected chi connectivity index (χ0v) is 21.4. The molecule has 2 saturated carbocycles. The summed E-state index contributed by atoms with van der Waals surface area (Å²) in [6.45, 7) is 3.54. The fourth-order valence-electron chi connectivity index (χ4n) is 6.53. The number of fused-ring (bicyclic) bond motifs is 5. The van der Waals surface area contributed by atoms with E-state index in [-0.39, 0.29) is 41.8 Å². The molecule has 0 radical (unpaired) electrons. The Kier molecular flexibility index (Phi) is 6.75. The van der Waals surface area contributed by atoms with Crippen LogP contribution in [0.3, 0.4) is 0 Å². The molecule has 3 saturated heterocycles. The number of hydrogen-bond acceptors (Lipinski definition) is 5. The molecule has 37 heavy (non-hydrogen) atoms. The van der Waals surface area contributed by atoms with Crippen molar-refractivity contribution >= 4 is 34.6 Å². The maximum Gasteiger partial charge on any atom is 0.342 e. The Morgan fingerprint density at radius 1 is 0.811 bits per heavy atom. The molecule has 1 aromatic carbocycles. The van der Waals surface area contributed by atoms with Crippen LogP contribution in [0, 0.1) is 0 Å². The van der Waals surface area contributed by atoms with Gasteiger partial charge in [-0.05, 0) is 56.7 Å². The van der Waals surface area contributed by atoms with Crippen LogP contribution in [0.5, 0.6) is 0 Å². The monoisotopic (exact) mass is 507 g/mol. The van der Waals surface area contributed by atoms with Crippen LogP contribution in [0.15, 0.2) is 18.2 Å². The van der Waals surface area contributed by atoms with E-state index in [1.807, 2.05) is 4.90 Å². The lowest BCUT2D eigenvalue weighted by atomic mass is 10.0. The summed E-state index contributed by atoms with van der Waals surface area (Å²) < 4.78 is 1.34. The highest BCUT2D eigenvalue weighted by molar-refractivity contribution is 6.08. The van der Waals surface area contributed by atoms with Gasteiger partial charge in [-0.25, -0.2) is 9.59 Å². The van der Waals surface area contributed by atoms with E-state index in [4.69, 9.17) is 0 Å². The van der Waals surface area contributed by atoms with E-state index in [9.17, 15) is 14.4 Å². The summed E-state index contributed by atoms with van der Waals surface area (Å²) in [5.41, 5.74) is 1.43. The predicted molar refractivity (Wildman–Crippen MR) is 141 cm³/mol. The summed E-state index contributed by atoms with van der Waals surface area (Å²) in [6, 6.07) is 5.31. The molecule has 1 aromatic heterocycles. The van der Waals surface area contributed by atoms with Crippen molar-refractivity contribution in [2.24, 2.45) is 0 Å². The van der Waals surface area contributed by atoms with Crippen molar-refractivity contribution in [2.45, 2.75) is 82.3 Å². The summed E-state index contributed by atoms with van der Waals surface area (Å²) in [4.78, 5) is 44.1. The van der Waals surface area contributed by atoms with Crippen LogP contribution in [0.4, 0.5) is 15.3 Å². The molecular weight excluding hydrogens is 470 g/mol. The number of benzene rings is 1. The molecule has 5 aliphatic rings. The van der Waals surface area contributed by atoms with Crippen LogP contribution in [0.25, 0.3) is 10.9 Å². The number of nitrogens with zero attached hydrogens (tertiary/aromatic N) is 4. The lowest BCUT2D eigenvalue weighted by Crippen LogP contribution is -2.42. The Hall–Kier alpha value is -3.14. The minimum atomic E-state index is -0.307. The van der Waals surface area contributed by atoms with E-state index < -0.39 is 0 Å². The van der Waals surface area contributed by atoms with E-state index in [2.05, 4.69) is 25.9 Å². The first kappa shape index (κ1) is 24.2. The molecule has 0 atom stereocenters. The molecule has 4 amide bonds. The minimum absolute atomic E-state index is 0.140. The number of hydrogen-bond donors (Lipinski definition) is 3. The Morgan fingerprint density at radius 2 is 1.49 bits per heavy atom. The highest BCUT2D eigenvalue weighted by Crippen LogP contribution is 2.28. The first-order valence-corrected chi connectivity index (χ1v) is 14.0. The molecule has 5 fully saturated rings. The summed E-state index contributed by atoms with van der Waals surface area (Å²) in [5.74, 6) is -0.140. The number of carbonyl (C=O) groups is 3. The van der Waals surface area contributed by atoms with E-state index in [0.717, 1.165) is 83.8 Å². The van der Waals surface area contributed by atoms with Crippen molar-refractivity contribution in [3.8, 4) is 0 Å². The van der Waals surface area contributed by atoms with Crippen LogP contribution in [-0.2, 0) is 0 Å². The van der Waals surface area contributed by atoms with Gasteiger partial charge in [0, 0.05) is 55.4 Å². The average molecular weight is 508 g/mol. The van der Waals surface area contributed by atoms with Crippen LogP contribution in [0.1, 0.15) is 74.7 Å². The third-order valence-corrected chi connectivity index (χ3v) is 8.62. The quantitative estimate of drug-likeness (QED) is 0.586. The SMILES string of the molecule is O=C(Nc1ccc2c(c1)c(C(=O)N1CCN3CCC1CC3)nn2C(=O)NC1CCCC1)NC1CCCC1. The molecule has 0 unspecified atom stereocenters. The molecule has 3 N–H and O–H groups in total. The van der Waals surface area contributed by atoms with Crippen molar-refractivity contribution in [1.82, 2.24) is 30.2 Å². The molecular formula is C27H37N7O3. The van der Waals surface area contributed by atoms with E-state index in [1.165, 1.54) is 4.68 Å². The Morgan fingerprint density at radius 3 is 2.19 bits per heavy atom. The predicted octanol–water partition coefficient (Wildman–Crippen LogP) is 3.52. The third-order valence-electron chi connectivity index (χ3n) is 8.62. The second kappa shape index (κ2) is 10.3. The number of rotatable bonds is 4. The Labute approximate surface area is 217 Å². The summed E-state index contributed by atoms with van der Waals surface area (Å²) in [6.07, 6.45) is 10.4. The molecule has 2 bridgehead atoms. The second-order valence-electron chi connectivity index (χ2n) is 11.1. The van der Waals surface area contributed by atoms with Gasteiger partial charge in [0.1, 0.15) is 0 Å². The van der Waals surface area contributed by atoms with Crippen LogP contribution in [-0.4, -0.2) is 81.9 Å². The van der Waals surface area contributed by atoms with Crippen molar-refractivity contribution < 1.29 is 14.4 Å². The zero-order chi connectivity index (χ0) is 25.4. The molecule has 0 spiro atoms. The standard InChI is InChI=1S/C27H37N7O3/c35-25(33-16-15-32-13-11-21(33)12-14-32)24-22-17-20(29-26(36)28-18-5-1-2-6-18)9-10-23(22)34(31-24)27(37)30-19-7-3-4-8-19/h9-10,17-19,21H,1-8,11-16H2,(H,30,37)(H2,28,29,36). The number of urea groups is 1. The van der Waals surface area contributed by atoms with Crippen molar-refractivity contribution in [3.63, 3.8) is 0 Å². The normalized spacial score (nSPS) is 24.4. The summed E-state index contributed by atoms with van der Waals surface area (Å²) in [7, 11) is 0. The number of carbonyl (C=O) groups excluding carboxylic acids is 3. The fourth-order valence-corrected chi connectivity index (χ4v) is 6.53. The van der Waals surface area contributed by atoms with E-state index >= 15 is 0 Å². The number of nitrogens with one attached hydrogen (secondary N) is 3. The maximum absolute atomic E-state index is 13.9. The third kappa shape index (κ3) is 5.03. The van der Waals surface area contributed by atoms with Crippen LogP contribution < -0.4 is 16.0 Å². The van der Waals surface area contributed by atoms with E-state index in [0.29, 0.717) is 23.1 Å². The van der Waals surface area contributed by atoms with E-state index in [1.54, 1.807) is 18.2 Å². The average Bonchev–Trinajstić information content (AvgIpc) is 3.62. The number of anilines is 1. The molecule has 10 heteroatoms. The molecule has 4 heterocycles. The first-order valence-electron chi connectivity index (χ1n) is 14.0. The molecule has 2 aliphatic carbocycles. The maximum atomic E-state index is 13.9. The molecule has 10 nitrogen and oxygen atoms in total. The Bertz CT molecular complexity index is 1170. The molecule has 198 valence electrons. The van der Waals surface area contributed by atoms with Crippen molar-refractivity contribution in [2.75, 3.05) is 31.5 Å². The van der Waals surface area contributed by atoms with Gasteiger partial charge in [-0.3, -0.25) is 4.79 Å². The van der Waals surface area contributed by atoms with Gasteiger partial charge < -0.3 is 25.8 Å². The van der Waals surface area contributed by atoms with Crippen molar-refractivity contribution in [3.05, 3.63) is 23.9 Å². The summed E-state index contributed by atoms with van der Waals surface area (Å²) in [5, 5.41) is 14.2. The fraction of sp³-hybridized carbons (Fsp3) is 0.630. The van der Waals surface area contributed by atoms with Crippen LogP contribution >= 0.6 is 0 Å². The van der Waals surface area contributed by atoms with Gasteiger partial charge in [0.25, 0.3) is 5.91 Å². The summed E-state index contributed by atoms with van der Waals surface area (Å²) >= 11 is 0. The first-order chi connectivity index (χ1) is 18.0. The topological polar surface area (TPSA) is 112 Å². The molecule has 2 aromatic rings. The zero-order valence-electron chi connectivity index (χ0n) is 21.4. The van der Waals surface area contributed by atoms with Crippen molar-refractivity contribution in [1.29, 1.82) is 0 Å². The molecule has 7 rings (SSSR count). The largest absolute Gasteiger partial charge is 0.342 e. The van der Waals surface area contributed by atoms with Gasteiger partial charge in [0.15, 0.2) is 5.69 Å². The lowest BCUT2D eigenvalue weighted by Gasteiger charge is -2.31. The van der Waals surface area contributed by atoms with Gasteiger partial charge in [0.2, 0.25) is 0 Å². The number of piperidine rings is 1. The number of aromatic nitrogens is 2. The van der Waals surface area contributed by atoms with Gasteiger partial charge in [-0.1, -0.05) is 25.7 Å². The smallest absolute Gasteiger partial charge is 0.335 e. The van der Waals surface area contributed by atoms with Gasteiger partial charge in [0.05, 0.1) is 5.52 Å². The second-order valence-corrected chi connectivity index (χ2v) is 11.1. The lowest BCUT2D eigenvalue weighted by molar-refractivity contribution is 0.0680. The number of amides is 4. The van der Waals surface area contributed by atoms with Gasteiger partial charge in [-0.2, -0.15) is 9.78 Å². The van der Waals surface area contributed by atoms with Crippen LogP contribution in [0.2, 0.25) is 0 Å².